The Morgan fingerprint density at radius 3 is 2.55 bits per heavy atom. The van der Waals surface area contributed by atoms with Gasteiger partial charge in [0.05, 0.1) is 6.42 Å². The van der Waals surface area contributed by atoms with Gasteiger partial charge in [0.2, 0.25) is 5.91 Å². The number of rotatable bonds is 10. The van der Waals surface area contributed by atoms with Gasteiger partial charge in [0.15, 0.2) is 12.3 Å². The molecule has 0 bridgehead atoms. The molecule has 5 atom stereocenters. The van der Waals surface area contributed by atoms with Gasteiger partial charge in [-0.25, -0.2) is 4.79 Å². The number of hydrogen-bond acceptors (Lipinski definition) is 10. The summed E-state index contributed by atoms with van der Waals surface area (Å²) < 4.78 is 15.7. The van der Waals surface area contributed by atoms with Crippen molar-refractivity contribution in [1.29, 1.82) is 0 Å². The lowest BCUT2D eigenvalue weighted by Crippen LogP contribution is -2.40. The minimum atomic E-state index is -1.67. The van der Waals surface area contributed by atoms with E-state index < -0.39 is 61.5 Å². The minimum Gasteiger partial charge on any atom is -0.463 e. The number of nitrogens with two attached hydrogens (primary N) is 1. The molecule has 11 heteroatoms. The standard InChI is InChI=1S/C20H30N2O9/c1-3-12(4-2)30-20(28)13(23)8-15(24)29-10-14-16(25)17(26)19(31-14)22-7-5-6-11(9-22)18(21)27/h5,7,9,12-14,16-17,19,23,25-26H,3-4,6,8,10H2,1-2H3,(H2,21,27)/t13-,14+,16+,17+,19+/m0/s1. The normalized spacial score (nSPS) is 26.5. The van der Waals surface area contributed by atoms with E-state index in [2.05, 4.69) is 0 Å². The van der Waals surface area contributed by atoms with Crippen LogP contribution in [-0.4, -0.2) is 81.4 Å². The third-order valence-electron chi connectivity index (χ3n) is 5.10. The van der Waals surface area contributed by atoms with Gasteiger partial charge in [-0.15, -0.1) is 0 Å². The quantitative estimate of drug-likeness (QED) is 0.309. The van der Waals surface area contributed by atoms with Gasteiger partial charge in [0.1, 0.15) is 31.0 Å². The molecule has 0 aromatic carbocycles. The van der Waals surface area contributed by atoms with Crippen molar-refractivity contribution in [2.45, 2.75) is 76.3 Å². The van der Waals surface area contributed by atoms with Crippen LogP contribution in [0.4, 0.5) is 0 Å². The van der Waals surface area contributed by atoms with Crippen molar-refractivity contribution in [2.24, 2.45) is 5.73 Å². The van der Waals surface area contributed by atoms with Crippen molar-refractivity contribution < 1.29 is 43.9 Å². The van der Waals surface area contributed by atoms with Crippen LogP contribution in [0.1, 0.15) is 39.5 Å². The summed E-state index contributed by atoms with van der Waals surface area (Å²) >= 11 is 0. The molecule has 1 saturated heterocycles. The number of aliphatic hydroxyl groups excluding tert-OH is 3. The van der Waals surface area contributed by atoms with E-state index in [-0.39, 0.29) is 6.10 Å². The second-order valence-electron chi connectivity index (χ2n) is 7.38. The first kappa shape index (κ1) is 24.8. The number of allylic oxidation sites excluding steroid dienone is 1. The molecule has 174 valence electrons. The average molecular weight is 442 g/mol. The first-order valence-corrected chi connectivity index (χ1v) is 10.2. The van der Waals surface area contributed by atoms with Crippen LogP contribution in [0.15, 0.2) is 24.0 Å². The first-order chi connectivity index (χ1) is 14.7. The summed E-state index contributed by atoms with van der Waals surface area (Å²) in [6.45, 7) is 3.26. The molecule has 0 aliphatic carbocycles. The van der Waals surface area contributed by atoms with E-state index in [0.29, 0.717) is 24.8 Å². The van der Waals surface area contributed by atoms with Crippen LogP contribution in [0.2, 0.25) is 0 Å². The number of ether oxygens (including phenoxy) is 3. The zero-order chi connectivity index (χ0) is 23.1. The Morgan fingerprint density at radius 1 is 1.26 bits per heavy atom. The molecule has 1 fully saturated rings. The fourth-order valence-corrected chi connectivity index (χ4v) is 3.19. The highest BCUT2D eigenvalue weighted by molar-refractivity contribution is 5.92. The summed E-state index contributed by atoms with van der Waals surface area (Å²) in [6, 6.07) is 0. The number of primary amides is 1. The fraction of sp³-hybridized carbons (Fsp3) is 0.650. The summed E-state index contributed by atoms with van der Waals surface area (Å²) in [4.78, 5) is 36.5. The summed E-state index contributed by atoms with van der Waals surface area (Å²) in [5, 5.41) is 30.3. The number of esters is 2. The molecule has 0 unspecified atom stereocenters. The van der Waals surface area contributed by atoms with Crippen molar-refractivity contribution >= 4 is 17.8 Å². The maximum Gasteiger partial charge on any atom is 0.335 e. The molecule has 2 heterocycles. The van der Waals surface area contributed by atoms with E-state index in [1.54, 1.807) is 12.3 Å². The van der Waals surface area contributed by atoms with Gasteiger partial charge in [-0.2, -0.15) is 0 Å². The maximum atomic E-state index is 12.0. The van der Waals surface area contributed by atoms with E-state index in [0.717, 1.165) is 0 Å². The van der Waals surface area contributed by atoms with Crippen molar-refractivity contribution in [3.63, 3.8) is 0 Å². The number of nitrogens with zero attached hydrogens (tertiary/aromatic N) is 1. The molecule has 2 aliphatic rings. The Hall–Kier alpha value is -2.47. The van der Waals surface area contributed by atoms with Crippen LogP contribution in [-0.2, 0) is 28.6 Å². The smallest absolute Gasteiger partial charge is 0.335 e. The van der Waals surface area contributed by atoms with Crippen LogP contribution in [0.5, 0.6) is 0 Å². The Morgan fingerprint density at radius 2 is 1.94 bits per heavy atom. The molecule has 11 nitrogen and oxygen atoms in total. The topological polar surface area (TPSA) is 169 Å². The largest absolute Gasteiger partial charge is 0.463 e. The summed E-state index contributed by atoms with van der Waals surface area (Å²) in [5.74, 6) is -2.42. The number of hydrogen-bond donors (Lipinski definition) is 4. The second-order valence-corrected chi connectivity index (χ2v) is 7.38. The molecule has 5 N–H and O–H groups in total. The molecule has 31 heavy (non-hydrogen) atoms. The Kier molecular flexibility index (Phi) is 8.99. The van der Waals surface area contributed by atoms with E-state index in [4.69, 9.17) is 19.9 Å². The lowest BCUT2D eigenvalue weighted by Gasteiger charge is -2.28. The Labute approximate surface area is 180 Å². The lowest BCUT2D eigenvalue weighted by molar-refractivity contribution is -0.166. The van der Waals surface area contributed by atoms with Gasteiger partial charge in [-0.3, -0.25) is 9.59 Å². The van der Waals surface area contributed by atoms with Gasteiger partial charge in [0.25, 0.3) is 0 Å². The van der Waals surface area contributed by atoms with Crippen LogP contribution < -0.4 is 5.73 Å². The first-order valence-electron chi connectivity index (χ1n) is 10.2. The molecule has 2 aliphatic heterocycles. The fourth-order valence-electron chi connectivity index (χ4n) is 3.19. The predicted octanol–water partition coefficient (Wildman–Crippen LogP) is -0.952. The molecule has 0 aromatic rings. The highest BCUT2D eigenvalue weighted by Gasteiger charge is 2.45. The van der Waals surface area contributed by atoms with Gasteiger partial charge < -0.3 is 40.2 Å². The summed E-state index contributed by atoms with van der Waals surface area (Å²) in [5.41, 5.74) is 5.57. The highest BCUT2D eigenvalue weighted by atomic mass is 16.6. The number of aliphatic hydroxyl groups is 3. The zero-order valence-electron chi connectivity index (χ0n) is 17.5. The van der Waals surface area contributed by atoms with Crippen LogP contribution >= 0.6 is 0 Å². The molecule has 2 rings (SSSR count). The van der Waals surface area contributed by atoms with E-state index in [9.17, 15) is 29.7 Å². The van der Waals surface area contributed by atoms with Gasteiger partial charge in [-0.05, 0) is 19.3 Å². The highest BCUT2D eigenvalue weighted by Crippen LogP contribution is 2.27. The molecule has 0 radical (unpaired) electrons. The Balaban J connectivity index is 1.86. The molecule has 0 saturated carbocycles. The SMILES string of the molecule is CCC(CC)OC(=O)[C@@H](O)CC(=O)OC[C@H]1O[C@@H](N2C=CCC(C(N)=O)=C2)[C@H](O)[C@@H]1O. The van der Waals surface area contributed by atoms with Gasteiger partial charge in [-0.1, -0.05) is 19.9 Å². The number of amides is 1. The minimum absolute atomic E-state index is 0.303. The van der Waals surface area contributed by atoms with Crippen molar-refractivity contribution in [3.8, 4) is 0 Å². The monoisotopic (exact) mass is 442 g/mol. The van der Waals surface area contributed by atoms with E-state index >= 15 is 0 Å². The van der Waals surface area contributed by atoms with Crippen LogP contribution in [0.25, 0.3) is 0 Å². The third-order valence-corrected chi connectivity index (χ3v) is 5.10. The van der Waals surface area contributed by atoms with Gasteiger partial charge in [0, 0.05) is 18.0 Å². The molecule has 0 aromatic heterocycles. The van der Waals surface area contributed by atoms with E-state index in [1.807, 2.05) is 13.8 Å². The van der Waals surface area contributed by atoms with Crippen LogP contribution in [0.3, 0.4) is 0 Å². The molecular formula is C20H30N2O9. The maximum absolute atomic E-state index is 12.0. The third kappa shape index (κ3) is 6.50. The number of carbonyl (C=O) groups is 3. The predicted molar refractivity (Wildman–Crippen MR) is 106 cm³/mol. The summed E-state index contributed by atoms with van der Waals surface area (Å²) in [6.07, 6.45) is -1.29. The van der Waals surface area contributed by atoms with Crippen molar-refractivity contribution in [1.82, 2.24) is 4.90 Å². The zero-order valence-corrected chi connectivity index (χ0v) is 17.5. The molecule has 0 spiro atoms. The van der Waals surface area contributed by atoms with Crippen molar-refractivity contribution in [3.05, 3.63) is 24.0 Å². The number of carbonyl (C=O) groups excluding carboxylic acids is 3. The lowest BCUT2D eigenvalue weighted by atomic mass is 10.1. The average Bonchev–Trinajstić information content (AvgIpc) is 3.04. The molecule has 1 amide bonds. The second kappa shape index (κ2) is 11.2. The Bertz CT molecular complexity index is 719. The molecular weight excluding hydrogens is 412 g/mol. The van der Waals surface area contributed by atoms with Gasteiger partial charge >= 0.3 is 11.9 Å². The van der Waals surface area contributed by atoms with E-state index in [1.165, 1.54) is 11.1 Å². The summed E-state index contributed by atoms with van der Waals surface area (Å²) in [7, 11) is 0. The van der Waals surface area contributed by atoms with Crippen LogP contribution in [0, 0.1) is 0 Å². The van der Waals surface area contributed by atoms with Crippen molar-refractivity contribution in [2.75, 3.05) is 6.61 Å².